The average Bonchev–Trinajstić information content (AvgIpc) is 3.34. The summed E-state index contributed by atoms with van der Waals surface area (Å²) in [4.78, 5) is 21.2. The number of furan rings is 1. The van der Waals surface area contributed by atoms with E-state index in [9.17, 15) is 4.79 Å². The third-order valence-corrected chi connectivity index (χ3v) is 6.65. The molecule has 4 N–H and O–H groups in total. The zero-order valence-electron chi connectivity index (χ0n) is 20.1. The standard InChI is InChI=1S/C24H42N6O2.HI/c1-2-26-24(27-12-4-7-13-29-16-10-20(11-17-29)23(25)31)28-19-21(22-9-8-18-32-22)30-14-5-3-6-15-30;/h8-9,18,20-21H,2-7,10-17,19H2,1H3,(H2,25,31)(H2,26,27,28);1H. The molecule has 33 heavy (non-hydrogen) atoms. The maximum Gasteiger partial charge on any atom is 0.220 e. The smallest absolute Gasteiger partial charge is 0.220 e. The molecular formula is C24H43IN6O2. The highest BCUT2D eigenvalue weighted by Crippen LogP contribution is 2.25. The van der Waals surface area contributed by atoms with E-state index in [1.165, 1.54) is 19.3 Å². The van der Waals surface area contributed by atoms with Crippen molar-refractivity contribution in [3.05, 3.63) is 24.2 Å². The second kappa shape index (κ2) is 15.5. The van der Waals surface area contributed by atoms with Gasteiger partial charge in [0.1, 0.15) is 5.76 Å². The van der Waals surface area contributed by atoms with Gasteiger partial charge in [0.2, 0.25) is 5.91 Å². The van der Waals surface area contributed by atoms with E-state index in [1.54, 1.807) is 6.26 Å². The first kappa shape index (κ1) is 27.9. The molecular weight excluding hydrogens is 531 g/mol. The van der Waals surface area contributed by atoms with E-state index in [4.69, 9.17) is 15.1 Å². The van der Waals surface area contributed by atoms with Gasteiger partial charge in [-0.3, -0.25) is 14.7 Å². The molecule has 0 aromatic carbocycles. The van der Waals surface area contributed by atoms with Crippen LogP contribution in [0.4, 0.5) is 0 Å². The Hall–Kier alpha value is -1.33. The van der Waals surface area contributed by atoms with Crippen LogP contribution in [0.3, 0.4) is 0 Å². The number of carbonyl (C=O) groups is 1. The minimum Gasteiger partial charge on any atom is -0.468 e. The summed E-state index contributed by atoms with van der Waals surface area (Å²) in [6.07, 6.45) is 9.61. The summed E-state index contributed by atoms with van der Waals surface area (Å²) in [7, 11) is 0. The number of likely N-dealkylation sites (tertiary alicyclic amines) is 2. The van der Waals surface area contributed by atoms with Gasteiger partial charge in [0, 0.05) is 19.0 Å². The quantitative estimate of drug-likeness (QED) is 0.163. The molecule has 2 aliphatic heterocycles. The van der Waals surface area contributed by atoms with Crippen LogP contribution in [0.15, 0.2) is 27.8 Å². The van der Waals surface area contributed by atoms with Gasteiger partial charge in [0.15, 0.2) is 5.96 Å². The van der Waals surface area contributed by atoms with E-state index >= 15 is 0 Å². The molecule has 2 aliphatic rings. The molecule has 1 atom stereocenters. The van der Waals surface area contributed by atoms with Crippen molar-refractivity contribution in [1.82, 2.24) is 20.4 Å². The molecule has 3 heterocycles. The highest BCUT2D eigenvalue weighted by molar-refractivity contribution is 14.0. The number of amides is 1. The van der Waals surface area contributed by atoms with E-state index in [2.05, 4.69) is 33.4 Å². The first-order valence-electron chi connectivity index (χ1n) is 12.5. The SMILES string of the molecule is CCNC(=NCC(c1ccco1)N1CCCCC1)NCCCCN1CCC(C(N)=O)CC1.I. The van der Waals surface area contributed by atoms with Crippen LogP contribution in [0.2, 0.25) is 0 Å². The number of halogens is 1. The van der Waals surface area contributed by atoms with Gasteiger partial charge in [0.05, 0.1) is 18.8 Å². The minimum absolute atomic E-state index is 0. The summed E-state index contributed by atoms with van der Waals surface area (Å²) in [5.74, 6) is 1.82. The second-order valence-electron chi connectivity index (χ2n) is 9.00. The number of nitrogens with zero attached hydrogens (tertiary/aromatic N) is 3. The summed E-state index contributed by atoms with van der Waals surface area (Å²) in [6.45, 7) is 9.80. The summed E-state index contributed by atoms with van der Waals surface area (Å²) < 4.78 is 5.75. The number of unbranched alkanes of at least 4 members (excludes halogenated alkanes) is 1. The summed E-state index contributed by atoms with van der Waals surface area (Å²) >= 11 is 0. The maximum absolute atomic E-state index is 11.3. The molecule has 1 unspecified atom stereocenters. The van der Waals surface area contributed by atoms with Crippen molar-refractivity contribution in [2.75, 3.05) is 52.4 Å². The molecule has 2 fully saturated rings. The van der Waals surface area contributed by atoms with E-state index in [0.29, 0.717) is 6.54 Å². The van der Waals surface area contributed by atoms with Gasteiger partial charge in [-0.1, -0.05) is 6.42 Å². The molecule has 0 spiro atoms. The summed E-state index contributed by atoms with van der Waals surface area (Å²) in [6, 6.07) is 4.24. The number of rotatable bonds is 11. The zero-order valence-corrected chi connectivity index (χ0v) is 22.5. The van der Waals surface area contributed by atoms with Crippen molar-refractivity contribution in [1.29, 1.82) is 0 Å². The summed E-state index contributed by atoms with van der Waals surface area (Å²) in [5.41, 5.74) is 5.43. The number of carbonyl (C=O) groups excluding carboxylic acids is 1. The monoisotopic (exact) mass is 574 g/mol. The predicted octanol–water partition coefficient (Wildman–Crippen LogP) is 2.96. The van der Waals surface area contributed by atoms with Crippen LogP contribution in [0, 0.1) is 5.92 Å². The van der Waals surface area contributed by atoms with Crippen LogP contribution >= 0.6 is 24.0 Å². The Morgan fingerprint density at radius 2 is 1.94 bits per heavy atom. The highest BCUT2D eigenvalue weighted by Gasteiger charge is 2.24. The Bertz CT molecular complexity index is 685. The van der Waals surface area contributed by atoms with Crippen molar-refractivity contribution in [2.24, 2.45) is 16.6 Å². The molecule has 1 aromatic heterocycles. The first-order valence-corrected chi connectivity index (χ1v) is 12.5. The molecule has 9 heteroatoms. The van der Waals surface area contributed by atoms with Gasteiger partial charge in [-0.15, -0.1) is 24.0 Å². The fourth-order valence-electron chi connectivity index (χ4n) is 4.72. The molecule has 0 bridgehead atoms. The Morgan fingerprint density at radius 1 is 1.18 bits per heavy atom. The normalized spacial score (nSPS) is 19.6. The number of aliphatic imine (C=N–C) groups is 1. The van der Waals surface area contributed by atoms with Crippen molar-refractivity contribution >= 4 is 35.8 Å². The Balaban J connectivity index is 0.00000385. The van der Waals surface area contributed by atoms with Gasteiger partial charge in [-0.2, -0.15) is 0 Å². The van der Waals surface area contributed by atoms with Crippen LogP contribution in [0.5, 0.6) is 0 Å². The van der Waals surface area contributed by atoms with Gasteiger partial charge in [-0.05, 0) is 90.3 Å². The number of hydrogen-bond acceptors (Lipinski definition) is 5. The zero-order chi connectivity index (χ0) is 22.6. The number of nitrogens with one attached hydrogen (secondary N) is 2. The van der Waals surface area contributed by atoms with Crippen molar-refractivity contribution < 1.29 is 9.21 Å². The number of nitrogens with two attached hydrogens (primary N) is 1. The molecule has 8 nitrogen and oxygen atoms in total. The van der Waals surface area contributed by atoms with Crippen molar-refractivity contribution in [3.8, 4) is 0 Å². The minimum atomic E-state index is -0.140. The summed E-state index contributed by atoms with van der Waals surface area (Å²) in [5, 5.41) is 6.87. The molecule has 2 saturated heterocycles. The predicted molar refractivity (Wildman–Crippen MR) is 144 cm³/mol. The van der Waals surface area contributed by atoms with Crippen LogP contribution < -0.4 is 16.4 Å². The third-order valence-electron chi connectivity index (χ3n) is 6.65. The van der Waals surface area contributed by atoms with Crippen LogP contribution in [-0.4, -0.2) is 74.0 Å². The van der Waals surface area contributed by atoms with Gasteiger partial charge in [0.25, 0.3) is 0 Å². The first-order chi connectivity index (χ1) is 15.7. The van der Waals surface area contributed by atoms with Crippen LogP contribution in [-0.2, 0) is 4.79 Å². The van der Waals surface area contributed by atoms with Crippen molar-refractivity contribution in [2.45, 2.75) is 57.9 Å². The lowest BCUT2D eigenvalue weighted by atomic mass is 9.96. The van der Waals surface area contributed by atoms with E-state index in [-0.39, 0.29) is 41.8 Å². The largest absolute Gasteiger partial charge is 0.468 e. The number of hydrogen-bond donors (Lipinski definition) is 3. The number of piperidine rings is 2. The molecule has 1 amide bonds. The van der Waals surface area contributed by atoms with Crippen LogP contribution in [0.1, 0.15) is 63.7 Å². The van der Waals surface area contributed by atoms with Crippen molar-refractivity contribution in [3.63, 3.8) is 0 Å². The Labute approximate surface area is 216 Å². The lowest BCUT2D eigenvalue weighted by Crippen LogP contribution is -2.40. The molecule has 188 valence electrons. The highest BCUT2D eigenvalue weighted by atomic mass is 127. The maximum atomic E-state index is 11.3. The Kier molecular flexibility index (Phi) is 13.2. The molecule has 0 radical (unpaired) electrons. The lowest BCUT2D eigenvalue weighted by Gasteiger charge is -2.32. The Morgan fingerprint density at radius 3 is 2.58 bits per heavy atom. The third kappa shape index (κ3) is 9.44. The topological polar surface area (TPSA) is 99.1 Å². The van der Waals surface area contributed by atoms with E-state index in [1.807, 2.05) is 6.07 Å². The van der Waals surface area contributed by atoms with E-state index in [0.717, 1.165) is 83.2 Å². The molecule has 0 aliphatic carbocycles. The molecule has 1 aromatic rings. The van der Waals surface area contributed by atoms with Gasteiger partial charge in [-0.25, -0.2) is 0 Å². The molecule has 0 saturated carbocycles. The lowest BCUT2D eigenvalue weighted by molar-refractivity contribution is -0.123. The molecule has 3 rings (SSSR count). The fourth-order valence-corrected chi connectivity index (χ4v) is 4.72. The second-order valence-corrected chi connectivity index (χ2v) is 9.00. The van der Waals surface area contributed by atoms with Gasteiger partial charge < -0.3 is 25.7 Å². The van der Waals surface area contributed by atoms with Gasteiger partial charge >= 0.3 is 0 Å². The number of primary amides is 1. The number of guanidine groups is 1. The van der Waals surface area contributed by atoms with Crippen LogP contribution in [0.25, 0.3) is 0 Å². The average molecular weight is 575 g/mol. The van der Waals surface area contributed by atoms with E-state index < -0.39 is 0 Å². The fraction of sp³-hybridized carbons (Fsp3) is 0.750.